The van der Waals surface area contributed by atoms with E-state index in [1.807, 2.05) is 11.3 Å². The summed E-state index contributed by atoms with van der Waals surface area (Å²) in [5, 5.41) is 2.15. The molecule has 2 N–H and O–H groups in total. The third kappa shape index (κ3) is 4.32. The lowest BCUT2D eigenvalue weighted by Gasteiger charge is -2.31. The predicted octanol–water partition coefficient (Wildman–Crippen LogP) is 4.44. The maximum Gasteiger partial charge on any atom is 0.0525 e. The van der Waals surface area contributed by atoms with Crippen LogP contribution in [0.25, 0.3) is 0 Å². The topological polar surface area (TPSA) is 29.3 Å². The zero-order chi connectivity index (χ0) is 15.2. The molecule has 0 amide bonds. The Morgan fingerprint density at radius 2 is 1.90 bits per heavy atom. The fraction of sp³-hybridized carbons (Fsp3) is 0.444. The quantitative estimate of drug-likeness (QED) is 0.819. The van der Waals surface area contributed by atoms with E-state index in [9.17, 15) is 0 Å². The van der Waals surface area contributed by atoms with Crippen LogP contribution in [0, 0.1) is 0 Å². The first-order valence-electron chi connectivity index (χ1n) is 7.74. The van der Waals surface area contributed by atoms with Gasteiger partial charge in [0, 0.05) is 22.6 Å². The lowest BCUT2D eigenvalue weighted by atomic mass is 10.0. The first kappa shape index (κ1) is 16.1. The predicted molar refractivity (Wildman–Crippen MR) is 94.1 cm³/mol. The molecule has 1 heterocycles. The fourth-order valence-electron chi connectivity index (χ4n) is 2.51. The van der Waals surface area contributed by atoms with E-state index in [2.05, 4.69) is 67.4 Å². The normalized spacial score (nSPS) is 12.6. The van der Waals surface area contributed by atoms with Gasteiger partial charge < -0.3 is 10.6 Å². The van der Waals surface area contributed by atoms with Crippen LogP contribution in [0.3, 0.4) is 0 Å². The van der Waals surface area contributed by atoms with Gasteiger partial charge in [-0.2, -0.15) is 0 Å². The van der Waals surface area contributed by atoms with E-state index in [1.165, 1.54) is 16.1 Å². The van der Waals surface area contributed by atoms with Gasteiger partial charge in [0.1, 0.15) is 0 Å². The van der Waals surface area contributed by atoms with Crippen LogP contribution < -0.4 is 10.6 Å². The number of thiophene rings is 1. The molecule has 1 unspecified atom stereocenters. The van der Waals surface area contributed by atoms with Gasteiger partial charge in [0.05, 0.1) is 6.54 Å². The summed E-state index contributed by atoms with van der Waals surface area (Å²) < 4.78 is 0. The number of anilines is 1. The summed E-state index contributed by atoms with van der Waals surface area (Å²) >= 11 is 1.82. The smallest absolute Gasteiger partial charge is 0.0525 e. The zero-order valence-electron chi connectivity index (χ0n) is 13.3. The van der Waals surface area contributed by atoms with Crippen molar-refractivity contribution in [3.63, 3.8) is 0 Å². The first-order chi connectivity index (χ1) is 10.1. The number of benzene rings is 1. The van der Waals surface area contributed by atoms with Gasteiger partial charge in [-0.3, -0.25) is 0 Å². The maximum atomic E-state index is 6.17. The van der Waals surface area contributed by atoms with Crippen LogP contribution >= 0.6 is 11.3 Å². The Morgan fingerprint density at radius 3 is 2.52 bits per heavy atom. The Hall–Kier alpha value is -1.32. The van der Waals surface area contributed by atoms with Crippen molar-refractivity contribution in [2.75, 3.05) is 4.90 Å². The molecular formula is C18H26N2S. The fourth-order valence-corrected chi connectivity index (χ4v) is 3.21. The van der Waals surface area contributed by atoms with Crippen LogP contribution in [0.5, 0.6) is 0 Å². The molecule has 3 heteroatoms. The maximum absolute atomic E-state index is 6.17. The highest BCUT2D eigenvalue weighted by Crippen LogP contribution is 2.27. The van der Waals surface area contributed by atoms with Crippen LogP contribution in [0.4, 0.5) is 5.69 Å². The van der Waals surface area contributed by atoms with E-state index in [0.717, 1.165) is 19.4 Å². The minimum atomic E-state index is 0.238. The standard InChI is InChI=1S/C18H26N2S/c1-4-16(19)12-15-8-5-6-10-18(15)20(14(2)3)13-17-9-7-11-21-17/h5-11,14,16H,4,12-13,19H2,1-3H3. The third-order valence-corrected chi connectivity index (χ3v) is 4.70. The Balaban J connectivity index is 2.27. The Bertz CT molecular complexity index is 534. The van der Waals surface area contributed by atoms with E-state index < -0.39 is 0 Å². The molecule has 1 aromatic carbocycles. The monoisotopic (exact) mass is 302 g/mol. The lowest BCUT2D eigenvalue weighted by molar-refractivity contribution is 0.636. The van der Waals surface area contributed by atoms with Crippen molar-refractivity contribution >= 4 is 17.0 Å². The van der Waals surface area contributed by atoms with Crippen LogP contribution in [0.1, 0.15) is 37.6 Å². The molecule has 21 heavy (non-hydrogen) atoms. The van der Waals surface area contributed by atoms with Gasteiger partial charge in [-0.25, -0.2) is 0 Å². The SMILES string of the molecule is CCC(N)Cc1ccccc1N(Cc1cccs1)C(C)C. The van der Waals surface area contributed by atoms with Crippen LogP contribution in [-0.4, -0.2) is 12.1 Å². The number of rotatable bonds is 7. The van der Waals surface area contributed by atoms with Crippen molar-refractivity contribution in [2.45, 2.75) is 52.2 Å². The van der Waals surface area contributed by atoms with Crippen LogP contribution in [-0.2, 0) is 13.0 Å². The molecule has 2 nitrogen and oxygen atoms in total. The molecule has 2 aromatic rings. The van der Waals surface area contributed by atoms with Crippen molar-refractivity contribution in [2.24, 2.45) is 5.73 Å². The average Bonchev–Trinajstić information content (AvgIpc) is 2.98. The Morgan fingerprint density at radius 1 is 1.14 bits per heavy atom. The van der Waals surface area contributed by atoms with Crippen molar-refractivity contribution in [1.29, 1.82) is 0 Å². The summed E-state index contributed by atoms with van der Waals surface area (Å²) in [6.07, 6.45) is 1.96. The second-order valence-corrected chi connectivity index (χ2v) is 6.83. The molecule has 1 atom stereocenters. The molecule has 0 bridgehead atoms. The molecule has 114 valence electrons. The molecule has 0 spiro atoms. The minimum Gasteiger partial charge on any atom is -0.364 e. The van der Waals surface area contributed by atoms with Gasteiger partial charge in [-0.05, 0) is 49.8 Å². The highest BCUT2D eigenvalue weighted by Gasteiger charge is 2.16. The molecule has 2 rings (SSSR count). The van der Waals surface area contributed by atoms with E-state index in [-0.39, 0.29) is 6.04 Å². The van der Waals surface area contributed by atoms with Gasteiger partial charge in [-0.1, -0.05) is 31.2 Å². The van der Waals surface area contributed by atoms with Gasteiger partial charge in [0.25, 0.3) is 0 Å². The largest absolute Gasteiger partial charge is 0.364 e. The zero-order valence-corrected chi connectivity index (χ0v) is 14.1. The van der Waals surface area contributed by atoms with E-state index >= 15 is 0 Å². The Labute approximate surface area is 132 Å². The summed E-state index contributed by atoms with van der Waals surface area (Å²) in [5.41, 5.74) is 8.85. The molecular weight excluding hydrogens is 276 g/mol. The highest BCUT2D eigenvalue weighted by atomic mass is 32.1. The minimum absolute atomic E-state index is 0.238. The number of nitrogens with zero attached hydrogens (tertiary/aromatic N) is 1. The van der Waals surface area contributed by atoms with E-state index in [4.69, 9.17) is 5.73 Å². The summed E-state index contributed by atoms with van der Waals surface area (Å²) in [5.74, 6) is 0. The highest BCUT2D eigenvalue weighted by molar-refractivity contribution is 7.09. The average molecular weight is 302 g/mol. The molecule has 0 radical (unpaired) electrons. The molecule has 0 aliphatic carbocycles. The van der Waals surface area contributed by atoms with Crippen molar-refractivity contribution in [3.05, 3.63) is 52.2 Å². The number of hydrogen-bond donors (Lipinski definition) is 1. The van der Waals surface area contributed by atoms with E-state index in [1.54, 1.807) is 0 Å². The summed E-state index contributed by atoms with van der Waals surface area (Å²) in [6, 6.07) is 13.7. The number of hydrogen-bond acceptors (Lipinski definition) is 3. The number of nitrogens with two attached hydrogens (primary N) is 1. The second kappa shape index (κ2) is 7.62. The summed E-state index contributed by atoms with van der Waals surface area (Å²) in [6.45, 7) is 7.63. The lowest BCUT2D eigenvalue weighted by Crippen LogP contribution is -2.31. The number of para-hydroxylation sites is 1. The molecule has 0 saturated carbocycles. The molecule has 0 aliphatic rings. The van der Waals surface area contributed by atoms with Crippen LogP contribution in [0.15, 0.2) is 41.8 Å². The van der Waals surface area contributed by atoms with E-state index in [0.29, 0.717) is 6.04 Å². The second-order valence-electron chi connectivity index (χ2n) is 5.80. The molecule has 1 aromatic heterocycles. The first-order valence-corrected chi connectivity index (χ1v) is 8.62. The van der Waals surface area contributed by atoms with Crippen LogP contribution in [0.2, 0.25) is 0 Å². The third-order valence-electron chi connectivity index (χ3n) is 3.84. The molecule has 0 fully saturated rings. The van der Waals surface area contributed by atoms with Crippen molar-refractivity contribution < 1.29 is 0 Å². The molecule has 0 saturated heterocycles. The summed E-state index contributed by atoms with van der Waals surface area (Å²) in [7, 11) is 0. The van der Waals surface area contributed by atoms with Crippen molar-refractivity contribution in [1.82, 2.24) is 0 Å². The van der Waals surface area contributed by atoms with Crippen molar-refractivity contribution in [3.8, 4) is 0 Å². The van der Waals surface area contributed by atoms with Gasteiger partial charge in [-0.15, -0.1) is 11.3 Å². The van der Waals surface area contributed by atoms with Gasteiger partial charge >= 0.3 is 0 Å². The Kier molecular flexibility index (Phi) is 5.83. The van der Waals surface area contributed by atoms with Gasteiger partial charge in [0.2, 0.25) is 0 Å². The van der Waals surface area contributed by atoms with Gasteiger partial charge in [0.15, 0.2) is 0 Å². The summed E-state index contributed by atoms with van der Waals surface area (Å²) in [4.78, 5) is 3.88. The molecule has 0 aliphatic heterocycles.